The summed E-state index contributed by atoms with van der Waals surface area (Å²) < 4.78 is 6.12. The number of ether oxygens (including phenoxy) is 1. The highest BCUT2D eigenvalue weighted by atomic mass is 16.5. The SMILES string of the molecule is CCCCCCCCCCCC(CCCCCCCCCCC)OC(=O)[C@H](Cc1ccccc1)NC. The van der Waals surface area contributed by atoms with Crippen molar-refractivity contribution in [1.29, 1.82) is 0 Å². The predicted molar refractivity (Wildman–Crippen MR) is 157 cm³/mol. The number of benzene rings is 1. The van der Waals surface area contributed by atoms with Crippen molar-refractivity contribution in [3.8, 4) is 0 Å². The van der Waals surface area contributed by atoms with E-state index in [1.54, 1.807) is 0 Å². The van der Waals surface area contributed by atoms with Gasteiger partial charge in [0.15, 0.2) is 0 Å². The van der Waals surface area contributed by atoms with Crippen molar-refractivity contribution in [3.05, 3.63) is 35.9 Å². The fraction of sp³-hybridized carbons (Fsp3) is 0.788. The second kappa shape index (κ2) is 24.0. The van der Waals surface area contributed by atoms with E-state index in [-0.39, 0.29) is 18.1 Å². The lowest BCUT2D eigenvalue weighted by atomic mass is 10.0. The first-order chi connectivity index (χ1) is 17.7. The summed E-state index contributed by atoms with van der Waals surface area (Å²) in [5.41, 5.74) is 1.17. The van der Waals surface area contributed by atoms with Gasteiger partial charge in [0, 0.05) is 0 Å². The molecule has 0 heterocycles. The standard InChI is InChI=1S/C33H59NO2/c1-4-6-8-10-12-14-16-18-23-27-31(28-24-19-17-15-13-11-9-7-5-2)36-33(35)32(34-3)29-30-25-21-20-22-26-30/h20-22,25-26,31-32,34H,4-19,23-24,27-29H2,1-3H3/t32-/m0/s1. The average Bonchev–Trinajstić information content (AvgIpc) is 2.90. The maximum atomic E-state index is 13.0. The number of carbonyl (C=O) groups is 1. The predicted octanol–water partition coefficient (Wildman–Crippen LogP) is 9.57. The van der Waals surface area contributed by atoms with Crippen LogP contribution in [0.25, 0.3) is 0 Å². The third kappa shape index (κ3) is 18.0. The molecule has 1 atom stereocenters. The van der Waals surface area contributed by atoms with Gasteiger partial charge in [-0.2, -0.15) is 0 Å². The number of nitrogens with one attached hydrogen (secondary N) is 1. The maximum absolute atomic E-state index is 13.0. The first kappa shape index (κ1) is 32.7. The van der Waals surface area contributed by atoms with Gasteiger partial charge in [0.1, 0.15) is 12.1 Å². The van der Waals surface area contributed by atoms with Crippen molar-refractivity contribution in [2.75, 3.05) is 7.05 Å². The normalized spacial score (nSPS) is 12.2. The summed E-state index contributed by atoms with van der Waals surface area (Å²) in [5.74, 6) is -0.0850. The Kier molecular flexibility index (Phi) is 21.8. The van der Waals surface area contributed by atoms with Crippen LogP contribution < -0.4 is 5.32 Å². The molecule has 0 aliphatic carbocycles. The molecule has 0 amide bonds. The van der Waals surface area contributed by atoms with Crippen LogP contribution >= 0.6 is 0 Å². The first-order valence-electron chi connectivity index (χ1n) is 15.6. The van der Waals surface area contributed by atoms with Crippen LogP contribution in [-0.2, 0) is 16.0 Å². The Hall–Kier alpha value is -1.35. The minimum atomic E-state index is -0.277. The lowest BCUT2D eigenvalue weighted by Crippen LogP contribution is -2.39. The molecular formula is C33H59NO2. The second-order valence-electron chi connectivity index (χ2n) is 10.8. The smallest absolute Gasteiger partial charge is 0.323 e. The zero-order valence-electron chi connectivity index (χ0n) is 24.2. The van der Waals surface area contributed by atoms with Gasteiger partial charge in [0.25, 0.3) is 0 Å². The molecule has 36 heavy (non-hydrogen) atoms. The number of likely N-dealkylation sites (N-methyl/N-ethyl adjacent to an activating group) is 1. The third-order valence-corrected chi connectivity index (χ3v) is 7.46. The molecule has 0 saturated heterocycles. The first-order valence-corrected chi connectivity index (χ1v) is 15.6. The zero-order chi connectivity index (χ0) is 26.1. The monoisotopic (exact) mass is 501 g/mol. The van der Waals surface area contributed by atoms with Gasteiger partial charge in [-0.25, -0.2) is 0 Å². The average molecular weight is 502 g/mol. The molecule has 208 valence electrons. The van der Waals surface area contributed by atoms with E-state index in [4.69, 9.17) is 4.74 Å². The minimum absolute atomic E-state index is 0.0678. The Balaban J connectivity index is 2.39. The van der Waals surface area contributed by atoms with Crippen LogP contribution in [-0.4, -0.2) is 25.2 Å². The van der Waals surface area contributed by atoms with Gasteiger partial charge in [-0.15, -0.1) is 0 Å². The quantitative estimate of drug-likeness (QED) is 0.107. The summed E-state index contributed by atoms with van der Waals surface area (Å²) >= 11 is 0. The molecule has 1 aromatic rings. The van der Waals surface area contributed by atoms with E-state index in [0.717, 1.165) is 12.8 Å². The summed E-state index contributed by atoms with van der Waals surface area (Å²) in [6.45, 7) is 4.55. The molecule has 1 N–H and O–H groups in total. The van der Waals surface area contributed by atoms with Gasteiger partial charge < -0.3 is 10.1 Å². The van der Waals surface area contributed by atoms with Crippen LogP contribution in [0.3, 0.4) is 0 Å². The van der Waals surface area contributed by atoms with Gasteiger partial charge in [-0.1, -0.05) is 147 Å². The van der Waals surface area contributed by atoms with E-state index in [2.05, 4.69) is 31.3 Å². The highest BCUT2D eigenvalue weighted by Crippen LogP contribution is 2.19. The molecule has 0 fully saturated rings. The van der Waals surface area contributed by atoms with Gasteiger partial charge in [0.2, 0.25) is 0 Å². The van der Waals surface area contributed by atoms with Gasteiger partial charge in [-0.3, -0.25) is 4.79 Å². The Morgan fingerprint density at radius 3 is 1.50 bits per heavy atom. The molecule has 1 rings (SSSR count). The molecule has 0 spiro atoms. The summed E-state index contributed by atoms with van der Waals surface area (Å²) in [6.07, 6.45) is 26.7. The Labute approximate surface area is 224 Å². The van der Waals surface area contributed by atoms with Crippen molar-refractivity contribution < 1.29 is 9.53 Å². The summed E-state index contributed by atoms with van der Waals surface area (Å²) in [6, 6.07) is 9.97. The van der Waals surface area contributed by atoms with Crippen LogP contribution in [0.5, 0.6) is 0 Å². The van der Waals surface area contributed by atoms with E-state index >= 15 is 0 Å². The molecule has 0 saturated carbocycles. The molecule has 3 heteroatoms. The van der Waals surface area contributed by atoms with Crippen LogP contribution in [0.15, 0.2) is 30.3 Å². The van der Waals surface area contributed by atoms with E-state index in [0.29, 0.717) is 6.42 Å². The molecule has 0 aliphatic rings. The Bertz CT molecular complexity index is 581. The van der Waals surface area contributed by atoms with Gasteiger partial charge >= 0.3 is 5.97 Å². The number of unbranched alkanes of at least 4 members (excludes halogenated alkanes) is 16. The van der Waals surface area contributed by atoms with E-state index in [1.807, 2.05) is 25.2 Å². The largest absolute Gasteiger partial charge is 0.461 e. The van der Waals surface area contributed by atoms with Crippen LogP contribution in [0.1, 0.15) is 148 Å². The van der Waals surface area contributed by atoms with E-state index in [9.17, 15) is 4.79 Å². The number of hydrogen-bond acceptors (Lipinski definition) is 3. The summed E-state index contributed by atoms with van der Waals surface area (Å²) in [7, 11) is 1.87. The zero-order valence-corrected chi connectivity index (χ0v) is 24.2. The van der Waals surface area contributed by atoms with Crippen molar-refractivity contribution in [2.45, 2.75) is 161 Å². The summed E-state index contributed by atoms with van der Waals surface area (Å²) in [5, 5.41) is 3.19. The molecule has 0 aromatic heterocycles. The molecule has 0 radical (unpaired) electrons. The van der Waals surface area contributed by atoms with Crippen LogP contribution in [0.4, 0.5) is 0 Å². The highest BCUT2D eigenvalue weighted by molar-refractivity contribution is 5.76. The number of hydrogen-bond donors (Lipinski definition) is 1. The van der Waals surface area contributed by atoms with Crippen molar-refractivity contribution >= 4 is 5.97 Å². The fourth-order valence-corrected chi connectivity index (χ4v) is 5.03. The van der Waals surface area contributed by atoms with E-state index < -0.39 is 0 Å². The highest BCUT2D eigenvalue weighted by Gasteiger charge is 2.22. The molecule has 3 nitrogen and oxygen atoms in total. The lowest BCUT2D eigenvalue weighted by molar-refractivity contribution is -0.152. The second-order valence-corrected chi connectivity index (χ2v) is 10.8. The maximum Gasteiger partial charge on any atom is 0.323 e. The van der Waals surface area contributed by atoms with Crippen molar-refractivity contribution in [3.63, 3.8) is 0 Å². The van der Waals surface area contributed by atoms with E-state index in [1.165, 1.54) is 121 Å². The molecular weight excluding hydrogens is 442 g/mol. The van der Waals surface area contributed by atoms with Crippen LogP contribution in [0, 0.1) is 0 Å². The third-order valence-electron chi connectivity index (χ3n) is 7.46. The van der Waals surface area contributed by atoms with Gasteiger partial charge in [0.05, 0.1) is 0 Å². The lowest BCUT2D eigenvalue weighted by Gasteiger charge is -2.22. The fourth-order valence-electron chi connectivity index (χ4n) is 5.03. The molecule has 0 aliphatic heterocycles. The topological polar surface area (TPSA) is 38.3 Å². The van der Waals surface area contributed by atoms with Crippen molar-refractivity contribution in [2.24, 2.45) is 0 Å². The number of esters is 1. The molecule has 1 aromatic carbocycles. The minimum Gasteiger partial charge on any atom is -0.461 e. The Morgan fingerprint density at radius 2 is 1.08 bits per heavy atom. The van der Waals surface area contributed by atoms with Gasteiger partial charge in [-0.05, 0) is 44.7 Å². The molecule has 0 unspecified atom stereocenters. The number of carbonyl (C=O) groups excluding carboxylic acids is 1. The number of rotatable bonds is 25. The molecule has 0 bridgehead atoms. The van der Waals surface area contributed by atoms with Crippen molar-refractivity contribution in [1.82, 2.24) is 5.32 Å². The Morgan fingerprint density at radius 1 is 0.667 bits per heavy atom. The van der Waals surface area contributed by atoms with Crippen LogP contribution in [0.2, 0.25) is 0 Å². The summed E-state index contributed by atoms with van der Waals surface area (Å²) in [4.78, 5) is 13.0.